The molecule has 0 spiro atoms. The van der Waals surface area contributed by atoms with E-state index in [1.165, 1.54) is 21.5 Å². The summed E-state index contributed by atoms with van der Waals surface area (Å²) in [6.07, 6.45) is 3.69. The zero-order chi connectivity index (χ0) is 26.8. The first-order valence-electron chi connectivity index (χ1n) is 13.0. The van der Waals surface area contributed by atoms with Gasteiger partial charge >= 0.3 is 0 Å². The van der Waals surface area contributed by atoms with Crippen LogP contribution in [-0.2, 0) is 0 Å². The van der Waals surface area contributed by atoms with Crippen molar-refractivity contribution in [3.05, 3.63) is 97.3 Å². The molecule has 2 aromatic heterocycles. The molecule has 8 aromatic rings. The van der Waals surface area contributed by atoms with Gasteiger partial charge in [-0.05, 0) is 56.6 Å². The summed E-state index contributed by atoms with van der Waals surface area (Å²) in [5.41, 5.74) is 7.06. The monoisotopic (exact) mass is 518 g/mol. The van der Waals surface area contributed by atoms with Crippen LogP contribution in [0.25, 0.3) is 76.9 Å². The standard InChI is InChI=1S/C34H22N4O2/c1-39-21-7-13-27-29(15-21)35-17-31(37-27)23-9-3-19-6-12-26-24(10-4-20-5-11-25(23)33(19)34(20)26)32-18-36-30-16-22(40-2)8-14-28(30)38-32/h3-18H,1-2H3. The van der Waals surface area contributed by atoms with Gasteiger partial charge in [0.15, 0.2) is 0 Å². The van der Waals surface area contributed by atoms with Crippen molar-refractivity contribution in [3.8, 4) is 34.0 Å². The Hall–Kier alpha value is -5.36. The Bertz CT molecular complexity index is 2100. The predicted octanol–water partition coefficient (Wildman–Crippen LogP) is 7.82. The van der Waals surface area contributed by atoms with Crippen LogP contribution in [0.15, 0.2) is 97.3 Å². The Labute approximate surface area is 229 Å². The summed E-state index contributed by atoms with van der Waals surface area (Å²) in [4.78, 5) is 19.3. The van der Waals surface area contributed by atoms with Gasteiger partial charge in [-0.15, -0.1) is 0 Å². The normalized spacial score (nSPS) is 11.8. The van der Waals surface area contributed by atoms with Crippen LogP contribution in [0.2, 0.25) is 0 Å². The largest absolute Gasteiger partial charge is 0.497 e. The maximum atomic E-state index is 5.35. The minimum absolute atomic E-state index is 0.768. The van der Waals surface area contributed by atoms with Gasteiger partial charge in [0.25, 0.3) is 0 Å². The highest BCUT2D eigenvalue weighted by molar-refractivity contribution is 6.27. The molecule has 0 unspecified atom stereocenters. The van der Waals surface area contributed by atoms with Gasteiger partial charge in [-0.3, -0.25) is 9.97 Å². The molecule has 0 amide bonds. The number of hydrogen-bond acceptors (Lipinski definition) is 6. The highest BCUT2D eigenvalue weighted by atomic mass is 16.5. The third-order valence-electron chi connectivity index (χ3n) is 7.72. The van der Waals surface area contributed by atoms with E-state index in [2.05, 4.69) is 48.5 Å². The molecule has 0 aliphatic carbocycles. The molecule has 0 bridgehead atoms. The lowest BCUT2D eigenvalue weighted by Gasteiger charge is -2.16. The SMILES string of the molecule is COc1ccc2nc(-c3ccc4ccc5c(-c6cnc7cc(OC)ccc7n6)ccc6ccc3c4c65)cnc2c1. The molecule has 190 valence electrons. The zero-order valence-corrected chi connectivity index (χ0v) is 21.8. The molecule has 0 fully saturated rings. The molecule has 0 N–H and O–H groups in total. The second-order valence-electron chi connectivity index (χ2n) is 9.87. The number of hydrogen-bond donors (Lipinski definition) is 0. The molecule has 6 aromatic carbocycles. The van der Waals surface area contributed by atoms with Gasteiger partial charge in [0, 0.05) is 23.3 Å². The third-order valence-corrected chi connectivity index (χ3v) is 7.72. The average molecular weight is 519 g/mol. The highest BCUT2D eigenvalue weighted by Gasteiger charge is 2.16. The van der Waals surface area contributed by atoms with Crippen LogP contribution < -0.4 is 9.47 Å². The maximum Gasteiger partial charge on any atom is 0.121 e. The minimum Gasteiger partial charge on any atom is -0.497 e. The lowest BCUT2D eigenvalue weighted by Crippen LogP contribution is -1.94. The Kier molecular flexibility index (Phi) is 4.85. The molecule has 8 rings (SSSR count). The number of aromatic nitrogens is 4. The quantitative estimate of drug-likeness (QED) is 0.221. The van der Waals surface area contributed by atoms with Crippen LogP contribution in [0.1, 0.15) is 0 Å². The average Bonchev–Trinajstić information content (AvgIpc) is 3.02. The second-order valence-corrected chi connectivity index (χ2v) is 9.87. The van der Waals surface area contributed by atoms with Gasteiger partial charge in [-0.2, -0.15) is 0 Å². The van der Waals surface area contributed by atoms with Crippen LogP contribution >= 0.6 is 0 Å². The number of methoxy groups -OCH3 is 2. The summed E-state index contributed by atoms with van der Waals surface area (Å²) in [5.74, 6) is 1.54. The van der Waals surface area contributed by atoms with E-state index in [1.807, 2.05) is 48.8 Å². The number of ether oxygens (including phenoxy) is 2. The Morgan fingerprint density at radius 3 is 1.38 bits per heavy atom. The summed E-state index contributed by atoms with van der Waals surface area (Å²) in [6, 6.07) is 29.0. The van der Waals surface area contributed by atoms with Gasteiger partial charge in [0.05, 0.1) is 60.1 Å². The summed E-state index contributed by atoms with van der Waals surface area (Å²) >= 11 is 0. The van der Waals surface area contributed by atoms with E-state index in [-0.39, 0.29) is 0 Å². The topological polar surface area (TPSA) is 70.0 Å². The van der Waals surface area contributed by atoms with Crippen molar-refractivity contribution in [2.75, 3.05) is 14.2 Å². The second kappa shape index (κ2) is 8.58. The van der Waals surface area contributed by atoms with Gasteiger partial charge < -0.3 is 9.47 Å². The number of fused-ring (bicyclic) bond motifs is 2. The van der Waals surface area contributed by atoms with Crippen molar-refractivity contribution >= 4 is 54.4 Å². The van der Waals surface area contributed by atoms with Crippen LogP contribution in [-0.4, -0.2) is 34.2 Å². The molecule has 0 aliphatic rings. The van der Waals surface area contributed by atoms with Gasteiger partial charge in [-0.25, -0.2) is 9.97 Å². The van der Waals surface area contributed by atoms with E-state index in [9.17, 15) is 0 Å². The van der Waals surface area contributed by atoms with Crippen LogP contribution in [0.4, 0.5) is 0 Å². The smallest absolute Gasteiger partial charge is 0.121 e. The van der Waals surface area contributed by atoms with E-state index in [1.54, 1.807) is 14.2 Å². The maximum absolute atomic E-state index is 5.35. The summed E-state index contributed by atoms with van der Waals surface area (Å²) in [7, 11) is 3.31. The van der Waals surface area contributed by atoms with E-state index in [0.29, 0.717) is 0 Å². The van der Waals surface area contributed by atoms with Crippen molar-refractivity contribution in [1.82, 2.24) is 19.9 Å². The van der Waals surface area contributed by atoms with Gasteiger partial charge in [0.1, 0.15) is 11.5 Å². The Morgan fingerprint density at radius 1 is 0.475 bits per heavy atom. The fourth-order valence-corrected chi connectivity index (χ4v) is 5.74. The van der Waals surface area contributed by atoms with Crippen molar-refractivity contribution in [2.45, 2.75) is 0 Å². The summed E-state index contributed by atoms with van der Waals surface area (Å²) < 4.78 is 10.7. The lowest BCUT2D eigenvalue weighted by atomic mass is 9.89. The van der Waals surface area contributed by atoms with Crippen LogP contribution in [0.3, 0.4) is 0 Å². The number of rotatable bonds is 4. The fourth-order valence-electron chi connectivity index (χ4n) is 5.74. The highest BCUT2D eigenvalue weighted by Crippen LogP contribution is 2.42. The molecular formula is C34H22N4O2. The van der Waals surface area contributed by atoms with Crippen molar-refractivity contribution in [1.29, 1.82) is 0 Å². The van der Waals surface area contributed by atoms with E-state index in [4.69, 9.17) is 29.4 Å². The molecule has 40 heavy (non-hydrogen) atoms. The van der Waals surface area contributed by atoms with Gasteiger partial charge in [-0.1, -0.05) is 48.5 Å². The molecule has 0 atom stereocenters. The summed E-state index contributed by atoms with van der Waals surface area (Å²) in [5, 5.41) is 7.08. The van der Waals surface area contributed by atoms with E-state index < -0.39 is 0 Å². The van der Waals surface area contributed by atoms with Crippen LogP contribution in [0, 0.1) is 0 Å². The fraction of sp³-hybridized carbons (Fsp3) is 0.0588. The molecule has 0 saturated carbocycles. The minimum atomic E-state index is 0.768. The molecule has 6 nitrogen and oxygen atoms in total. The predicted molar refractivity (Wildman–Crippen MR) is 160 cm³/mol. The first-order chi connectivity index (χ1) is 19.7. The molecule has 0 aliphatic heterocycles. The zero-order valence-electron chi connectivity index (χ0n) is 21.8. The number of nitrogens with zero attached hydrogens (tertiary/aromatic N) is 4. The van der Waals surface area contributed by atoms with Gasteiger partial charge in [0.2, 0.25) is 0 Å². The molecule has 0 radical (unpaired) electrons. The molecule has 6 heteroatoms. The first kappa shape index (κ1) is 22.6. The van der Waals surface area contributed by atoms with Crippen molar-refractivity contribution < 1.29 is 9.47 Å². The van der Waals surface area contributed by atoms with E-state index in [0.717, 1.165) is 66.9 Å². The van der Waals surface area contributed by atoms with E-state index >= 15 is 0 Å². The summed E-state index contributed by atoms with van der Waals surface area (Å²) in [6.45, 7) is 0. The number of benzene rings is 6. The lowest BCUT2D eigenvalue weighted by molar-refractivity contribution is 0.415. The van der Waals surface area contributed by atoms with Crippen LogP contribution in [0.5, 0.6) is 11.5 Å². The molecule has 0 saturated heterocycles. The Morgan fingerprint density at radius 2 is 0.925 bits per heavy atom. The van der Waals surface area contributed by atoms with Crippen molar-refractivity contribution in [2.24, 2.45) is 0 Å². The van der Waals surface area contributed by atoms with Crippen molar-refractivity contribution in [3.63, 3.8) is 0 Å². The molecule has 2 heterocycles. The first-order valence-corrected chi connectivity index (χ1v) is 13.0. The Balaban J connectivity index is 1.34. The molecular weight excluding hydrogens is 496 g/mol. The third kappa shape index (κ3) is 3.36.